The summed E-state index contributed by atoms with van der Waals surface area (Å²) in [5.74, 6) is 6.06. The zero-order valence-electron chi connectivity index (χ0n) is 19.8. The van der Waals surface area contributed by atoms with E-state index in [2.05, 4.69) is 16.5 Å². The molecule has 4 aromatic rings. The molecule has 2 aromatic heterocycles. The summed E-state index contributed by atoms with van der Waals surface area (Å²) in [5, 5.41) is 2.51. The Morgan fingerprint density at radius 3 is 2.64 bits per heavy atom. The van der Waals surface area contributed by atoms with Crippen LogP contribution in [0.1, 0.15) is 12.5 Å². The first-order valence-electron chi connectivity index (χ1n) is 11.0. The standard InChI is InChI=1S/C27H25FN6O2/c1-4-5-10-22(17(3)29)34(30)25-24(18-11-12-21(28)16(2)13-18)32-27(36)33(26(25)35)23-15-31-14-19-8-6-7-9-20(19)23/h4-15H,1,29-30H2,2-3H3,(H,32,36)/b10-5-,22-17-. The molecule has 0 unspecified atom stereocenters. The van der Waals surface area contributed by atoms with E-state index in [0.717, 1.165) is 15.0 Å². The van der Waals surface area contributed by atoms with Crippen molar-refractivity contribution in [1.29, 1.82) is 0 Å². The number of aromatic nitrogens is 3. The average molecular weight is 485 g/mol. The quantitative estimate of drug-likeness (QED) is 0.217. The van der Waals surface area contributed by atoms with Crippen molar-refractivity contribution in [2.45, 2.75) is 13.8 Å². The van der Waals surface area contributed by atoms with Crippen LogP contribution in [0.25, 0.3) is 27.7 Å². The Balaban J connectivity index is 2.11. The van der Waals surface area contributed by atoms with E-state index in [-0.39, 0.29) is 17.1 Å². The van der Waals surface area contributed by atoms with Gasteiger partial charge in [0.05, 0.1) is 23.3 Å². The van der Waals surface area contributed by atoms with E-state index in [9.17, 15) is 14.0 Å². The molecule has 8 nitrogen and oxygen atoms in total. The van der Waals surface area contributed by atoms with Crippen molar-refractivity contribution in [3.63, 3.8) is 0 Å². The van der Waals surface area contributed by atoms with Gasteiger partial charge in [0.2, 0.25) is 0 Å². The number of H-pyrrole nitrogens is 1. The first kappa shape index (κ1) is 24.4. The van der Waals surface area contributed by atoms with Gasteiger partial charge < -0.3 is 10.7 Å². The third-order valence-electron chi connectivity index (χ3n) is 5.71. The van der Waals surface area contributed by atoms with Gasteiger partial charge in [-0.1, -0.05) is 43.0 Å². The van der Waals surface area contributed by atoms with Crippen molar-refractivity contribution in [1.82, 2.24) is 14.5 Å². The molecular weight excluding hydrogens is 459 g/mol. The van der Waals surface area contributed by atoms with E-state index in [1.165, 1.54) is 30.5 Å². The van der Waals surface area contributed by atoms with Gasteiger partial charge in [0, 0.05) is 28.2 Å². The molecule has 0 saturated carbocycles. The van der Waals surface area contributed by atoms with E-state index in [0.29, 0.717) is 27.9 Å². The minimum absolute atomic E-state index is 0.0675. The van der Waals surface area contributed by atoms with Crippen LogP contribution in [0.15, 0.2) is 101 Å². The number of halogens is 1. The normalized spacial score (nSPS) is 12.1. The molecule has 2 heterocycles. The highest BCUT2D eigenvalue weighted by Gasteiger charge is 2.24. The van der Waals surface area contributed by atoms with Gasteiger partial charge in [-0.15, -0.1) is 0 Å². The molecule has 2 aromatic carbocycles. The van der Waals surface area contributed by atoms with Gasteiger partial charge in [0.1, 0.15) is 11.5 Å². The lowest BCUT2D eigenvalue weighted by Crippen LogP contribution is -2.42. The van der Waals surface area contributed by atoms with E-state index < -0.39 is 17.1 Å². The number of hydrazine groups is 1. The van der Waals surface area contributed by atoms with Gasteiger partial charge in [-0.25, -0.2) is 19.6 Å². The third kappa shape index (κ3) is 4.35. The lowest BCUT2D eigenvalue weighted by molar-refractivity contribution is 0.618. The van der Waals surface area contributed by atoms with Crippen molar-refractivity contribution in [3.05, 3.63) is 123 Å². The maximum absolute atomic E-state index is 14.0. The molecule has 0 bridgehead atoms. The fourth-order valence-corrected chi connectivity index (χ4v) is 3.94. The van der Waals surface area contributed by atoms with Gasteiger partial charge in [0.25, 0.3) is 5.56 Å². The van der Waals surface area contributed by atoms with Gasteiger partial charge in [-0.2, -0.15) is 0 Å². The topological polar surface area (TPSA) is 123 Å². The second-order valence-electron chi connectivity index (χ2n) is 8.17. The maximum Gasteiger partial charge on any atom is 0.333 e. The van der Waals surface area contributed by atoms with Crippen molar-refractivity contribution in [2.75, 3.05) is 5.01 Å². The predicted octanol–water partition coefficient (Wildman–Crippen LogP) is 3.80. The molecule has 0 atom stereocenters. The Kier molecular flexibility index (Phi) is 6.67. The lowest BCUT2D eigenvalue weighted by Gasteiger charge is -2.24. The minimum atomic E-state index is -0.706. The molecule has 5 N–H and O–H groups in total. The molecule has 0 aliphatic heterocycles. The number of aryl methyl sites for hydroxylation is 1. The smallest absolute Gasteiger partial charge is 0.333 e. The summed E-state index contributed by atoms with van der Waals surface area (Å²) < 4.78 is 15.0. The first-order chi connectivity index (χ1) is 17.2. The number of fused-ring (bicyclic) bond motifs is 1. The van der Waals surface area contributed by atoms with Gasteiger partial charge in [0.15, 0.2) is 0 Å². The third-order valence-corrected chi connectivity index (χ3v) is 5.71. The number of rotatable bonds is 6. The summed E-state index contributed by atoms with van der Waals surface area (Å²) in [6.45, 7) is 6.87. The molecule has 0 spiro atoms. The molecule has 0 aliphatic carbocycles. The first-order valence-corrected chi connectivity index (χ1v) is 11.0. The average Bonchev–Trinajstić information content (AvgIpc) is 2.85. The molecule has 0 radical (unpaired) electrons. The zero-order valence-corrected chi connectivity index (χ0v) is 19.8. The van der Waals surface area contributed by atoms with Crippen LogP contribution in [0.4, 0.5) is 10.1 Å². The summed E-state index contributed by atoms with van der Waals surface area (Å²) in [7, 11) is 0. The zero-order chi connectivity index (χ0) is 26.0. The predicted molar refractivity (Wildman–Crippen MR) is 141 cm³/mol. The Labute approximate surface area is 206 Å². The fraction of sp³-hybridized carbons (Fsp3) is 0.0741. The number of nitrogens with zero attached hydrogens (tertiary/aromatic N) is 3. The lowest BCUT2D eigenvalue weighted by atomic mass is 10.1. The van der Waals surface area contributed by atoms with Crippen LogP contribution in [0.2, 0.25) is 0 Å². The number of benzene rings is 2. The number of allylic oxidation sites excluding steroid dienone is 4. The summed E-state index contributed by atoms with van der Waals surface area (Å²) >= 11 is 0. The van der Waals surface area contributed by atoms with E-state index in [1.807, 2.05) is 12.1 Å². The monoisotopic (exact) mass is 484 g/mol. The number of hydrogen-bond acceptors (Lipinski definition) is 6. The van der Waals surface area contributed by atoms with Crippen LogP contribution in [-0.4, -0.2) is 14.5 Å². The van der Waals surface area contributed by atoms with Crippen LogP contribution >= 0.6 is 0 Å². The highest BCUT2D eigenvalue weighted by molar-refractivity contribution is 5.89. The van der Waals surface area contributed by atoms with Crippen molar-refractivity contribution in [3.8, 4) is 16.9 Å². The van der Waals surface area contributed by atoms with Crippen molar-refractivity contribution >= 4 is 16.5 Å². The Morgan fingerprint density at radius 2 is 1.94 bits per heavy atom. The maximum atomic E-state index is 14.0. The number of anilines is 1. The van der Waals surface area contributed by atoms with Crippen LogP contribution < -0.4 is 27.8 Å². The summed E-state index contributed by atoms with van der Waals surface area (Å²) in [4.78, 5) is 34.4. The van der Waals surface area contributed by atoms with Gasteiger partial charge in [-0.3, -0.25) is 14.8 Å². The van der Waals surface area contributed by atoms with E-state index in [1.54, 1.807) is 44.3 Å². The van der Waals surface area contributed by atoms with Crippen LogP contribution in [0.5, 0.6) is 0 Å². The highest BCUT2D eigenvalue weighted by atomic mass is 19.1. The van der Waals surface area contributed by atoms with E-state index >= 15 is 0 Å². The molecule has 0 fully saturated rings. The Morgan fingerprint density at radius 1 is 1.19 bits per heavy atom. The van der Waals surface area contributed by atoms with Crippen LogP contribution in [-0.2, 0) is 0 Å². The van der Waals surface area contributed by atoms with Gasteiger partial charge in [-0.05, 0) is 43.7 Å². The fourth-order valence-electron chi connectivity index (χ4n) is 3.94. The summed E-state index contributed by atoms with van der Waals surface area (Å²) in [6, 6.07) is 11.5. The number of nitrogens with two attached hydrogens (primary N) is 2. The molecule has 9 heteroatoms. The molecule has 0 saturated heterocycles. The summed E-state index contributed by atoms with van der Waals surface area (Å²) in [5.41, 5.74) is 6.37. The van der Waals surface area contributed by atoms with Crippen LogP contribution in [0, 0.1) is 12.7 Å². The highest BCUT2D eigenvalue weighted by Crippen LogP contribution is 2.29. The summed E-state index contributed by atoms with van der Waals surface area (Å²) in [6.07, 6.45) is 7.83. The molecular formula is C27H25FN6O2. The number of pyridine rings is 1. The number of hydrogen-bond donors (Lipinski definition) is 3. The molecule has 182 valence electrons. The van der Waals surface area contributed by atoms with Gasteiger partial charge >= 0.3 is 5.69 Å². The molecule has 4 rings (SSSR count). The Bertz CT molecular complexity index is 1660. The van der Waals surface area contributed by atoms with Crippen molar-refractivity contribution in [2.24, 2.45) is 11.6 Å². The molecule has 0 aliphatic rings. The second kappa shape index (κ2) is 9.85. The minimum Gasteiger partial charge on any atom is -0.401 e. The molecule has 0 amide bonds. The Hall–Kier alpha value is -4.76. The van der Waals surface area contributed by atoms with Crippen molar-refractivity contribution < 1.29 is 4.39 Å². The SMILES string of the molecule is C=C/C=C\C(=C(/C)N)N(N)c1c(-c2ccc(F)c(C)c2)[nH]c(=O)n(-c2cncc3ccccc23)c1=O. The van der Waals surface area contributed by atoms with E-state index in [4.69, 9.17) is 11.6 Å². The second-order valence-corrected chi connectivity index (χ2v) is 8.17. The molecule has 36 heavy (non-hydrogen) atoms. The number of aromatic amines is 1. The largest absolute Gasteiger partial charge is 0.401 e. The van der Waals surface area contributed by atoms with Crippen LogP contribution in [0.3, 0.4) is 0 Å². The number of nitrogens with one attached hydrogen (secondary N) is 1.